The van der Waals surface area contributed by atoms with Crippen LogP contribution >= 0.6 is 0 Å². The molecule has 7 heteroatoms. The lowest BCUT2D eigenvalue weighted by Crippen LogP contribution is -2.18. The number of benzene rings is 2. The Labute approximate surface area is 152 Å². The molecule has 3 nitrogen and oxygen atoms in total. The molecule has 0 aliphatic rings. The first-order chi connectivity index (χ1) is 11.7. The minimum atomic E-state index is -4.54. The molecule has 0 aliphatic heterocycles. The predicted molar refractivity (Wildman–Crippen MR) is 96.9 cm³/mol. The van der Waals surface area contributed by atoms with E-state index in [1.807, 2.05) is 20.8 Å². The molecule has 0 saturated carbocycles. The molecular formula is C19H22F3NO2S. The molecule has 2 aromatic rings. The molecule has 0 spiro atoms. The van der Waals surface area contributed by atoms with Crippen LogP contribution in [0.3, 0.4) is 0 Å². The summed E-state index contributed by atoms with van der Waals surface area (Å²) in [7, 11) is -4.02. The Kier molecular flexibility index (Phi) is 5.16. The number of halogens is 3. The minimum Gasteiger partial charge on any atom is -0.280 e. The Bertz CT molecular complexity index is 904. The average Bonchev–Trinajstić information content (AvgIpc) is 2.44. The molecule has 0 fully saturated rings. The van der Waals surface area contributed by atoms with Crippen LogP contribution in [-0.2, 0) is 21.6 Å². The van der Waals surface area contributed by atoms with Gasteiger partial charge in [0.25, 0.3) is 10.0 Å². The lowest BCUT2D eigenvalue weighted by atomic mass is 9.85. The molecular weight excluding hydrogens is 363 g/mol. The van der Waals surface area contributed by atoms with Gasteiger partial charge in [0.05, 0.1) is 10.5 Å². The first-order valence-electron chi connectivity index (χ1n) is 8.03. The summed E-state index contributed by atoms with van der Waals surface area (Å²) in [5.74, 6) is 0. The van der Waals surface area contributed by atoms with Gasteiger partial charge in [-0.2, -0.15) is 13.2 Å². The third-order valence-corrected chi connectivity index (χ3v) is 5.72. The quantitative estimate of drug-likeness (QED) is 0.767. The summed E-state index contributed by atoms with van der Waals surface area (Å²) in [6.45, 7) is 9.44. The zero-order chi connectivity index (χ0) is 19.9. The third-order valence-electron chi connectivity index (χ3n) is 4.04. The van der Waals surface area contributed by atoms with E-state index < -0.39 is 21.8 Å². The van der Waals surface area contributed by atoms with Gasteiger partial charge in [-0.1, -0.05) is 39.0 Å². The van der Waals surface area contributed by atoms with Crippen LogP contribution in [0.2, 0.25) is 0 Å². The maximum Gasteiger partial charge on any atom is 0.416 e. The van der Waals surface area contributed by atoms with Crippen molar-refractivity contribution in [1.82, 2.24) is 0 Å². The van der Waals surface area contributed by atoms with Gasteiger partial charge in [0.1, 0.15) is 0 Å². The highest BCUT2D eigenvalue weighted by molar-refractivity contribution is 7.92. The van der Waals surface area contributed by atoms with Gasteiger partial charge in [0, 0.05) is 5.69 Å². The Morgan fingerprint density at radius 1 is 0.885 bits per heavy atom. The van der Waals surface area contributed by atoms with Gasteiger partial charge in [-0.05, 0) is 54.2 Å². The fraction of sp³-hybridized carbons (Fsp3) is 0.368. The summed E-state index contributed by atoms with van der Waals surface area (Å²) >= 11 is 0. The molecule has 2 rings (SSSR count). The van der Waals surface area contributed by atoms with Crippen LogP contribution in [0.1, 0.15) is 43.0 Å². The molecule has 0 bridgehead atoms. The van der Waals surface area contributed by atoms with Crippen LogP contribution < -0.4 is 4.72 Å². The molecule has 0 atom stereocenters. The Hall–Kier alpha value is -2.02. The number of alkyl halides is 3. The second kappa shape index (κ2) is 6.61. The topological polar surface area (TPSA) is 46.2 Å². The second-order valence-corrected chi connectivity index (χ2v) is 8.99. The zero-order valence-electron chi connectivity index (χ0n) is 15.3. The molecule has 0 amide bonds. The van der Waals surface area contributed by atoms with E-state index in [1.165, 1.54) is 12.1 Å². The lowest BCUT2D eigenvalue weighted by Gasteiger charge is -2.22. The number of sulfonamides is 1. The van der Waals surface area contributed by atoms with Crippen molar-refractivity contribution >= 4 is 15.7 Å². The van der Waals surface area contributed by atoms with Crippen molar-refractivity contribution in [3.8, 4) is 0 Å². The first-order valence-corrected chi connectivity index (χ1v) is 9.52. The summed E-state index contributed by atoms with van der Waals surface area (Å²) in [4.78, 5) is 0.0860. The maximum atomic E-state index is 12.8. The Morgan fingerprint density at radius 3 is 1.88 bits per heavy atom. The summed E-state index contributed by atoms with van der Waals surface area (Å²) in [5.41, 5.74) is 0.911. The summed E-state index contributed by atoms with van der Waals surface area (Å²) < 4.78 is 66.3. The number of anilines is 1. The van der Waals surface area contributed by atoms with Crippen molar-refractivity contribution in [2.24, 2.45) is 0 Å². The van der Waals surface area contributed by atoms with Gasteiger partial charge in [-0.25, -0.2) is 8.42 Å². The van der Waals surface area contributed by atoms with E-state index in [0.29, 0.717) is 11.1 Å². The fourth-order valence-electron chi connectivity index (χ4n) is 2.77. The summed E-state index contributed by atoms with van der Waals surface area (Å²) in [6.07, 6.45) is -4.54. The number of hydrogen-bond acceptors (Lipinski definition) is 2. The Balaban J connectivity index is 2.46. The van der Waals surface area contributed by atoms with Crippen LogP contribution in [0.4, 0.5) is 18.9 Å². The van der Waals surface area contributed by atoms with Gasteiger partial charge in [-0.3, -0.25) is 4.72 Å². The van der Waals surface area contributed by atoms with Crippen molar-refractivity contribution in [1.29, 1.82) is 0 Å². The van der Waals surface area contributed by atoms with Crippen LogP contribution in [0, 0.1) is 13.8 Å². The van der Waals surface area contributed by atoms with E-state index in [1.54, 1.807) is 26.0 Å². The van der Waals surface area contributed by atoms with E-state index in [4.69, 9.17) is 0 Å². The van der Waals surface area contributed by atoms with Crippen molar-refractivity contribution in [2.75, 3.05) is 4.72 Å². The molecule has 1 N–H and O–H groups in total. The summed E-state index contributed by atoms with van der Waals surface area (Å²) in [5, 5.41) is 0. The Morgan fingerprint density at radius 2 is 1.42 bits per heavy atom. The molecule has 142 valence electrons. The van der Waals surface area contributed by atoms with Crippen molar-refractivity contribution < 1.29 is 21.6 Å². The monoisotopic (exact) mass is 385 g/mol. The van der Waals surface area contributed by atoms with Crippen LogP contribution in [0.25, 0.3) is 0 Å². The smallest absolute Gasteiger partial charge is 0.280 e. The zero-order valence-corrected chi connectivity index (χ0v) is 16.1. The van der Waals surface area contributed by atoms with E-state index in [2.05, 4.69) is 4.72 Å². The van der Waals surface area contributed by atoms with Gasteiger partial charge >= 0.3 is 6.18 Å². The van der Waals surface area contributed by atoms with Gasteiger partial charge in [0.15, 0.2) is 0 Å². The molecule has 0 aliphatic carbocycles. The second-order valence-electron chi connectivity index (χ2n) is 7.37. The highest BCUT2D eigenvalue weighted by atomic mass is 32.2. The van der Waals surface area contributed by atoms with Crippen LogP contribution in [0.5, 0.6) is 0 Å². The highest BCUT2D eigenvalue weighted by Gasteiger charge is 2.31. The normalized spacial score (nSPS) is 12.9. The van der Waals surface area contributed by atoms with Crippen molar-refractivity contribution in [3.05, 3.63) is 58.7 Å². The van der Waals surface area contributed by atoms with Crippen molar-refractivity contribution in [2.45, 2.75) is 51.1 Å². The molecule has 0 aromatic heterocycles. The van der Waals surface area contributed by atoms with Gasteiger partial charge in [-0.15, -0.1) is 0 Å². The molecule has 0 heterocycles. The standard InChI is InChI=1S/C19H22F3NO2S/c1-12-9-15(18(3,4)5)10-13(2)17(12)26(24,25)23-16-8-6-7-14(11-16)19(20,21)22/h6-11,23H,1-5H3. The van der Waals surface area contributed by atoms with Crippen LogP contribution in [-0.4, -0.2) is 8.42 Å². The van der Waals surface area contributed by atoms with Crippen molar-refractivity contribution in [3.63, 3.8) is 0 Å². The SMILES string of the molecule is Cc1cc(C(C)(C)C)cc(C)c1S(=O)(=O)Nc1cccc(C(F)(F)F)c1. The largest absolute Gasteiger partial charge is 0.416 e. The number of aryl methyl sites for hydroxylation is 2. The average molecular weight is 385 g/mol. The fourth-order valence-corrected chi connectivity index (χ4v) is 4.28. The maximum absolute atomic E-state index is 12.8. The number of hydrogen-bond donors (Lipinski definition) is 1. The molecule has 2 aromatic carbocycles. The number of rotatable bonds is 3. The van der Waals surface area contributed by atoms with E-state index in [-0.39, 0.29) is 16.0 Å². The third kappa shape index (κ3) is 4.38. The van der Waals surface area contributed by atoms with Gasteiger partial charge < -0.3 is 0 Å². The first kappa shape index (κ1) is 20.3. The molecule has 0 unspecified atom stereocenters. The molecule has 0 saturated heterocycles. The minimum absolute atomic E-state index is 0.0860. The van der Waals surface area contributed by atoms with E-state index in [0.717, 1.165) is 17.7 Å². The highest BCUT2D eigenvalue weighted by Crippen LogP contribution is 2.33. The van der Waals surface area contributed by atoms with E-state index >= 15 is 0 Å². The molecule has 26 heavy (non-hydrogen) atoms. The molecule has 0 radical (unpaired) electrons. The number of nitrogens with one attached hydrogen (secondary N) is 1. The van der Waals surface area contributed by atoms with E-state index in [9.17, 15) is 21.6 Å². The van der Waals surface area contributed by atoms with Gasteiger partial charge in [0.2, 0.25) is 0 Å². The summed E-state index contributed by atoms with van der Waals surface area (Å²) in [6, 6.07) is 7.74. The lowest BCUT2D eigenvalue weighted by molar-refractivity contribution is -0.137. The van der Waals surface area contributed by atoms with Crippen LogP contribution in [0.15, 0.2) is 41.3 Å². The predicted octanol–water partition coefficient (Wildman–Crippen LogP) is 5.42.